The standard InChI is InChI=1S/C12H18O3S/c1-5-15-11(14)12(3,4)10(13)9-8(2)6-7-16-9/h6-7,10,13H,5H2,1-4H3. The molecule has 0 amide bonds. The highest BCUT2D eigenvalue weighted by molar-refractivity contribution is 7.10. The second-order valence-corrected chi connectivity index (χ2v) is 5.26. The molecule has 0 aliphatic rings. The predicted octanol–water partition coefficient (Wildman–Crippen LogP) is 2.68. The summed E-state index contributed by atoms with van der Waals surface area (Å²) in [4.78, 5) is 12.6. The Balaban J connectivity index is 2.92. The third kappa shape index (κ3) is 2.44. The van der Waals surface area contributed by atoms with Crippen LogP contribution in [0.1, 0.15) is 37.3 Å². The zero-order chi connectivity index (χ0) is 12.3. The number of carbonyl (C=O) groups is 1. The Morgan fingerprint density at radius 1 is 1.62 bits per heavy atom. The van der Waals surface area contributed by atoms with Gasteiger partial charge in [0.25, 0.3) is 0 Å². The van der Waals surface area contributed by atoms with Gasteiger partial charge in [0.2, 0.25) is 0 Å². The number of aryl methyl sites for hydroxylation is 1. The number of hydrogen-bond donors (Lipinski definition) is 1. The van der Waals surface area contributed by atoms with Crippen LogP contribution in [0.5, 0.6) is 0 Å². The first kappa shape index (κ1) is 13.2. The number of ether oxygens (including phenoxy) is 1. The monoisotopic (exact) mass is 242 g/mol. The van der Waals surface area contributed by atoms with Crippen molar-refractivity contribution < 1.29 is 14.6 Å². The maximum absolute atomic E-state index is 11.7. The smallest absolute Gasteiger partial charge is 0.314 e. The molecular weight excluding hydrogens is 224 g/mol. The molecule has 0 aliphatic carbocycles. The Kier molecular flexibility index (Phi) is 4.10. The normalized spacial score (nSPS) is 13.6. The largest absolute Gasteiger partial charge is 0.465 e. The van der Waals surface area contributed by atoms with E-state index in [0.29, 0.717) is 6.61 Å². The van der Waals surface area contributed by atoms with Gasteiger partial charge in [0.05, 0.1) is 12.0 Å². The molecule has 1 aromatic rings. The summed E-state index contributed by atoms with van der Waals surface area (Å²) < 4.78 is 4.97. The molecule has 1 heterocycles. The van der Waals surface area contributed by atoms with Crippen molar-refractivity contribution in [3.63, 3.8) is 0 Å². The molecule has 4 heteroatoms. The van der Waals surface area contributed by atoms with Crippen molar-refractivity contribution in [3.05, 3.63) is 21.9 Å². The zero-order valence-electron chi connectivity index (χ0n) is 10.1. The maximum atomic E-state index is 11.7. The van der Waals surface area contributed by atoms with Crippen molar-refractivity contribution in [1.82, 2.24) is 0 Å². The Labute approximate surface area is 100 Å². The molecule has 0 aliphatic heterocycles. The van der Waals surface area contributed by atoms with Crippen LogP contribution in [0.25, 0.3) is 0 Å². The van der Waals surface area contributed by atoms with Gasteiger partial charge in [-0.3, -0.25) is 4.79 Å². The topological polar surface area (TPSA) is 46.5 Å². The van der Waals surface area contributed by atoms with Gasteiger partial charge in [0, 0.05) is 4.88 Å². The summed E-state index contributed by atoms with van der Waals surface area (Å²) in [6, 6.07) is 1.93. The summed E-state index contributed by atoms with van der Waals surface area (Å²) in [5, 5.41) is 12.1. The average Bonchev–Trinajstić information content (AvgIpc) is 2.63. The molecular formula is C12H18O3S. The fraction of sp³-hybridized carbons (Fsp3) is 0.583. The van der Waals surface area contributed by atoms with Crippen molar-refractivity contribution >= 4 is 17.3 Å². The van der Waals surface area contributed by atoms with Crippen molar-refractivity contribution in [1.29, 1.82) is 0 Å². The van der Waals surface area contributed by atoms with Crippen LogP contribution in [0, 0.1) is 12.3 Å². The van der Waals surface area contributed by atoms with Crippen LogP contribution < -0.4 is 0 Å². The summed E-state index contributed by atoms with van der Waals surface area (Å²) in [6.07, 6.45) is -0.813. The summed E-state index contributed by atoms with van der Waals surface area (Å²) in [5.74, 6) is -0.365. The highest BCUT2D eigenvalue weighted by Crippen LogP contribution is 2.38. The first-order valence-electron chi connectivity index (χ1n) is 5.30. The molecule has 1 unspecified atom stereocenters. The lowest BCUT2D eigenvalue weighted by atomic mass is 9.85. The molecule has 0 bridgehead atoms. The summed E-state index contributed by atoms with van der Waals surface area (Å²) in [6.45, 7) is 7.43. The molecule has 0 saturated carbocycles. The molecule has 3 nitrogen and oxygen atoms in total. The van der Waals surface area contributed by atoms with Crippen LogP contribution >= 0.6 is 11.3 Å². The van der Waals surface area contributed by atoms with E-state index in [-0.39, 0.29) is 5.97 Å². The fourth-order valence-corrected chi connectivity index (χ4v) is 2.52. The summed E-state index contributed by atoms with van der Waals surface area (Å²) >= 11 is 1.46. The number of hydrogen-bond acceptors (Lipinski definition) is 4. The number of esters is 1. The number of carbonyl (C=O) groups excluding carboxylic acids is 1. The number of aliphatic hydroxyl groups is 1. The van der Waals surface area contributed by atoms with E-state index in [2.05, 4.69) is 0 Å². The summed E-state index contributed by atoms with van der Waals surface area (Å²) in [7, 11) is 0. The van der Waals surface area contributed by atoms with Crippen molar-refractivity contribution in [2.24, 2.45) is 5.41 Å². The fourth-order valence-electron chi connectivity index (χ4n) is 1.42. The van der Waals surface area contributed by atoms with Crippen LogP contribution in [-0.4, -0.2) is 17.7 Å². The Hall–Kier alpha value is -0.870. The Morgan fingerprint density at radius 2 is 2.25 bits per heavy atom. The van der Waals surface area contributed by atoms with Crippen LogP contribution in [0.4, 0.5) is 0 Å². The van der Waals surface area contributed by atoms with E-state index in [1.165, 1.54) is 11.3 Å². The molecule has 0 saturated heterocycles. The minimum Gasteiger partial charge on any atom is -0.465 e. The predicted molar refractivity (Wildman–Crippen MR) is 64.4 cm³/mol. The van der Waals surface area contributed by atoms with Crippen LogP contribution in [0.2, 0.25) is 0 Å². The molecule has 1 aromatic heterocycles. The second-order valence-electron chi connectivity index (χ2n) is 4.31. The number of aliphatic hydroxyl groups excluding tert-OH is 1. The lowest BCUT2D eigenvalue weighted by Crippen LogP contribution is -2.33. The molecule has 90 valence electrons. The van der Waals surface area contributed by atoms with Gasteiger partial charge in [-0.1, -0.05) is 0 Å². The van der Waals surface area contributed by atoms with Crippen molar-refractivity contribution in [2.45, 2.75) is 33.8 Å². The van der Waals surface area contributed by atoms with E-state index >= 15 is 0 Å². The maximum Gasteiger partial charge on any atom is 0.314 e. The van der Waals surface area contributed by atoms with Gasteiger partial charge in [-0.05, 0) is 44.7 Å². The van der Waals surface area contributed by atoms with E-state index in [1.807, 2.05) is 18.4 Å². The van der Waals surface area contributed by atoms with Gasteiger partial charge in [-0.2, -0.15) is 0 Å². The quantitative estimate of drug-likeness (QED) is 0.826. The van der Waals surface area contributed by atoms with Gasteiger partial charge in [0.15, 0.2) is 0 Å². The van der Waals surface area contributed by atoms with Gasteiger partial charge in [0.1, 0.15) is 6.10 Å². The molecule has 1 N–H and O–H groups in total. The SMILES string of the molecule is CCOC(=O)C(C)(C)C(O)c1sccc1C. The molecule has 0 aromatic carbocycles. The molecule has 1 atom stereocenters. The van der Waals surface area contributed by atoms with Gasteiger partial charge in [-0.25, -0.2) is 0 Å². The van der Waals surface area contributed by atoms with Gasteiger partial charge < -0.3 is 9.84 Å². The minimum absolute atomic E-state index is 0.332. The van der Waals surface area contributed by atoms with E-state index in [1.54, 1.807) is 20.8 Å². The Morgan fingerprint density at radius 3 is 2.69 bits per heavy atom. The highest BCUT2D eigenvalue weighted by atomic mass is 32.1. The Bertz CT molecular complexity index is 368. The highest BCUT2D eigenvalue weighted by Gasteiger charge is 2.39. The van der Waals surface area contributed by atoms with Gasteiger partial charge in [-0.15, -0.1) is 11.3 Å². The van der Waals surface area contributed by atoms with Crippen LogP contribution in [-0.2, 0) is 9.53 Å². The number of rotatable bonds is 4. The van der Waals surface area contributed by atoms with Gasteiger partial charge >= 0.3 is 5.97 Å². The zero-order valence-corrected chi connectivity index (χ0v) is 10.9. The van der Waals surface area contributed by atoms with Crippen molar-refractivity contribution in [3.8, 4) is 0 Å². The van der Waals surface area contributed by atoms with E-state index in [9.17, 15) is 9.90 Å². The minimum atomic E-state index is -0.911. The van der Waals surface area contributed by atoms with Crippen LogP contribution in [0.3, 0.4) is 0 Å². The van der Waals surface area contributed by atoms with E-state index < -0.39 is 11.5 Å². The average molecular weight is 242 g/mol. The second kappa shape index (κ2) is 4.97. The molecule has 16 heavy (non-hydrogen) atoms. The lowest BCUT2D eigenvalue weighted by molar-refractivity contribution is -0.160. The lowest BCUT2D eigenvalue weighted by Gasteiger charge is -2.27. The molecule has 0 spiro atoms. The third-order valence-electron chi connectivity index (χ3n) is 2.64. The molecule has 1 rings (SSSR count). The van der Waals surface area contributed by atoms with Crippen LogP contribution in [0.15, 0.2) is 11.4 Å². The third-order valence-corrected chi connectivity index (χ3v) is 3.71. The number of thiophene rings is 1. The molecule has 0 fully saturated rings. The molecule has 0 radical (unpaired) electrons. The van der Waals surface area contributed by atoms with E-state index in [4.69, 9.17) is 4.74 Å². The van der Waals surface area contributed by atoms with E-state index in [0.717, 1.165) is 10.4 Å². The van der Waals surface area contributed by atoms with Crippen molar-refractivity contribution in [2.75, 3.05) is 6.61 Å². The first-order valence-corrected chi connectivity index (χ1v) is 6.18. The first-order chi connectivity index (χ1) is 7.41. The summed E-state index contributed by atoms with van der Waals surface area (Å²) in [5.41, 5.74) is 0.0981.